The van der Waals surface area contributed by atoms with Crippen molar-refractivity contribution in [2.24, 2.45) is 7.05 Å². The number of hydrogen-bond donors (Lipinski definition) is 2. The van der Waals surface area contributed by atoms with E-state index >= 15 is 0 Å². The van der Waals surface area contributed by atoms with Gasteiger partial charge >= 0.3 is 0 Å². The number of nitrogens with zero attached hydrogens (tertiary/aromatic N) is 2. The van der Waals surface area contributed by atoms with E-state index in [4.69, 9.17) is 0 Å². The zero-order valence-electron chi connectivity index (χ0n) is 8.22. The standard InChI is InChI=1S/C9H16N4/c1-10-6-9-7-3-4-11-5-8(7)12-13(9)2/h10-11H,3-6H2,1-2H3. The summed E-state index contributed by atoms with van der Waals surface area (Å²) in [6, 6.07) is 0. The molecule has 0 fully saturated rings. The fourth-order valence-corrected chi connectivity index (χ4v) is 1.90. The molecule has 13 heavy (non-hydrogen) atoms. The molecule has 0 aliphatic carbocycles. The van der Waals surface area contributed by atoms with Gasteiger partial charge < -0.3 is 10.6 Å². The summed E-state index contributed by atoms with van der Waals surface area (Å²) >= 11 is 0. The molecule has 0 saturated carbocycles. The third-order valence-electron chi connectivity index (χ3n) is 2.55. The number of hydrogen-bond acceptors (Lipinski definition) is 3. The molecule has 4 nitrogen and oxygen atoms in total. The van der Waals surface area contributed by atoms with Crippen LogP contribution in [0, 0.1) is 0 Å². The molecule has 0 atom stereocenters. The summed E-state index contributed by atoms with van der Waals surface area (Å²) in [7, 11) is 3.99. The molecule has 0 amide bonds. The average molecular weight is 180 g/mol. The van der Waals surface area contributed by atoms with Gasteiger partial charge in [0.15, 0.2) is 0 Å². The van der Waals surface area contributed by atoms with Gasteiger partial charge in [0.1, 0.15) is 0 Å². The van der Waals surface area contributed by atoms with Crippen LogP contribution in [-0.2, 0) is 26.6 Å². The SMILES string of the molecule is CNCc1c2c(nn1C)CNCC2. The minimum Gasteiger partial charge on any atom is -0.314 e. The molecule has 4 heteroatoms. The van der Waals surface area contributed by atoms with Crippen molar-refractivity contribution in [2.45, 2.75) is 19.5 Å². The second-order valence-corrected chi connectivity index (χ2v) is 3.45. The summed E-state index contributed by atoms with van der Waals surface area (Å²) in [5, 5.41) is 11.0. The predicted octanol–water partition coefficient (Wildman–Crippen LogP) is -0.215. The summed E-state index contributed by atoms with van der Waals surface area (Å²) < 4.78 is 1.99. The minimum absolute atomic E-state index is 0.916. The summed E-state index contributed by atoms with van der Waals surface area (Å²) in [6.07, 6.45) is 1.11. The van der Waals surface area contributed by atoms with Crippen LogP contribution in [0.15, 0.2) is 0 Å². The Morgan fingerprint density at radius 2 is 2.46 bits per heavy atom. The Hall–Kier alpha value is -0.870. The lowest BCUT2D eigenvalue weighted by Gasteiger charge is -2.12. The molecule has 0 aromatic carbocycles. The smallest absolute Gasteiger partial charge is 0.0798 e. The monoisotopic (exact) mass is 180 g/mol. The Kier molecular flexibility index (Phi) is 2.33. The van der Waals surface area contributed by atoms with Gasteiger partial charge in [-0.15, -0.1) is 0 Å². The number of fused-ring (bicyclic) bond motifs is 1. The van der Waals surface area contributed by atoms with E-state index in [-0.39, 0.29) is 0 Å². The normalized spacial score (nSPS) is 15.8. The summed E-state index contributed by atoms with van der Waals surface area (Å²) in [5.74, 6) is 0. The molecule has 0 spiro atoms. The highest BCUT2D eigenvalue weighted by Crippen LogP contribution is 2.16. The predicted molar refractivity (Wildman–Crippen MR) is 51.4 cm³/mol. The van der Waals surface area contributed by atoms with Crippen molar-refractivity contribution in [3.63, 3.8) is 0 Å². The summed E-state index contributed by atoms with van der Waals surface area (Å²) in [4.78, 5) is 0. The minimum atomic E-state index is 0.916. The van der Waals surface area contributed by atoms with Gasteiger partial charge in [-0.25, -0.2) is 0 Å². The van der Waals surface area contributed by atoms with Gasteiger partial charge in [0.05, 0.1) is 11.4 Å². The third-order valence-corrected chi connectivity index (χ3v) is 2.55. The maximum atomic E-state index is 4.48. The molecule has 0 saturated heterocycles. The van der Waals surface area contributed by atoms with Crippen LogP contribution in [0.3, 0.4) is 0 Å². The van der Waals surface area contributed by atoms with Gasteiger partial charge in [-0.05, 0) is 20.0 Å². The number of nitrogens with one attached hydrogen (secondary N) is 2. The molecule has 72 valence electrons. The van der Waals surface area contributed by atoms with Gasteiger partial charge in [0.2, 0.25) is 0 Å². The van der Waals surface area contributed by atoms with E-state index in [1.165, 1.54) is 17.0 Å². The van der Waals surface area contributed by atoms with E-state index < -0.39 is 0 Å². The summed E-state index contributed by atoms with van der Waals surface area (Å²) in [6.45, 7) is 2.92. The molecular formula is C9H16N4. The molecule has 1 aliphatic rings. The quantitative estimate of drug-likeness (QED) is 0.661. The lowest BCUT2D eigenvalue weighted by Crippen LogP contribution is -2.24. The maximum Gasteiger partial charge on any atom is 0.0798 e. The van der Waals surface area contributed by atoms with Crippen LogP contribution in [0.25, 0.3) is 0 Å². The number of rotatable bonds is 2. The van der Waals surface area contributed by atoms with Gasteiger partial charge in [0.25, 0.3) is 0 Å². The fraction of sp³-hybridized carbons (Fsp3) is 0.667. The molecule has 1 aromatic heterocycles. The van der Waals surface area contributed by atoms with Crippen LogP contribution in [0.1, 0.15) is 17.0 Å². The lowest BCUT2D eigenvalue weighted by molar-refractivity contribution is 0.624. The Balaban J connectivity index is 2.36. The van der Waals surface area contributed by atoms with Crippen molar-refractivity contribution in [2.75, 3.05) is 13.6 Å². The topological polar surface area (TPSA) is 41.9 Å². The van der Waals surface area contributed by atoms with Crippen LogP contribution >= 0.6 is 0 Å². The largest absolute Gasteiger partial charge is 0.314 e. The van der Waals surface area contributed by atoms with Crippen molar-refractivity contribution < 1.29 is 0 Å². The van der Waals surface area contributed by atoms with Crippen LogP contribution in [0.5, 0.6) is 0 Å². The van der Waals surface area contributed by atoms with Gasteiger partial charge in [-0.3, -0.25) is 4.68 Å². The highest BCUT2D eigenvalue weighted by molar-refractivity contribution is 5.28. The van der Waals surface area contributed by atoms with Crippen LogP contribution in [0.2, 0.25) is 0 Å². The Morgan fingerprint density at radius 3 is 3.23 bits per heavy atom. The van der Waals surface area contributed by atoms with Crippen molar-refractivity contribution in [3.05, 3.63) is 17.0 Å². The first-order valence-electron chi connectivity index (χ1n) is 4.72. The zero-order chi connectivity index (χ0) is 9.26. The van der Waals surface area contributed by atoms with E-state index in [9.17, 15) is 0 Å². The van der Waals surface area contributed by atoms with E-state index in [0.29, 0.717) is 0 Å². The second kappa shape index (κ2) is 3.47. The average Bonchev–Trinajstić information content (AvgIpc) is 2.44. The van der Waals surface area contributed by atoms with E-state index in [1.807, 2.05) is 18.8 Å². The van der Waals surface area contributed by atoms with Crippen molar-refractivity contribution >= 4 is 0 Å². The van der Waals surface area contributed by atoms with E-state index in [0.717, 1.165) is 26.1 Å². The fourth-order valence-electron chi connectivity index (χ4n) is 1.90. The molecule has 0 bridgehead atoms. The van der Waals surface area contributed by atoms with Crippen molar-refractivity contribution in [1.29, 1.82) is 0 Å². The molecule has 1 aromatic rings. The molecular weight excluding hydrogens is 164 g/mol. The zero-order valence-corrected chi connectivity index (χ0v) is 8.22. The number of aromatic nitrogens is 2. The van der Waals surface area contributed by atoms with Gasteiger partial charge in [0, 0.05) is 25.7 Å². The van der Waals surface area contributed by atoms with Crippen LogP contribution in [-0.4, -0.2) is 23.4 Å². The Morgan fingerprint density at radius 1 is 1.62 bits per heavy atom. The first-order valence-corrected chi connectivity index (χ1v) is 4.72. The first-order chi connectivity index (χ1) is 6.33. The maximum absolute atomic E-state index is 4.48. The molecule has 2 N–H and O–H groups in total. The van der Waals surface area contributed by atoms with Crippen molar-refractivity contribution in [3.8, 4) is 0 Å². The summed E-state index contributed by atoms with van der Waals surface area (Å²) in [5.41, 5.74) is 3.99. The Bertz CT molecular complexity index is 303. The highest BCUT2D eigenvalue weighted by atomic mass is 15.3. The lowest BCUT2D eigenvalue weighted by atomic mass is 10.1. The van der Waals surface area contributed by atoms with Crippen LogP contribution < -0.4 is 10.6 Å². The van der Waals surface area contributed by atoms with Gasteiger partial charge in [-0.1, -0.05) is 0 Å². The molecule has 2 heterocycles. The first kappa shape index (κ1) is 8.72. The molecule has 1 aliphatic heterocycles. The van der Waals surface area contributed by atoms with E-state index in [2.05, 4.69) is 15.7 Å². The molecule has 0 radical (unpaired) electrons. The molecule has 2 rings (SSSR count). The van der Waals surface area contributed by atoms with Gasteiger partial charge in [-0.2, -0.15) is 5.10 Å². The number of aryl methyl sites for hydroxylation is 1. The second-order valence-electron chi connectivity index (χ2n) is 3.45. The van der Waals surface area contributed by atoms with E-state index in [1.54, 1.807) is 0 Å². The third kappa shape index (κ3) is 1.47. The van der Waals surface area contributed by atoms with Crippen molar-refractivity contribution in [1.82, 2.24) is 20.4 Å². The van der Waals surface area contributed by atoms with Crippen LogP contribution in [0.4, 0.5) is 0 Å². The highest BCUT2D eigenvalue weighted by Gasteiger charge is 2.17. The Labute approximate surface area is 78.3 Å². The molecule has 0 unspecified atom stereocenters.